The van der Waals surface area contributed by atoms with E-state index in [9.17, 15) is 4.79 Å². The lowest BCUT2D eigenvalue weighted by Crippen LogP contribution is -2.37. The average molecular weight is 259 g/mol. The van der Waals surface area contributed by atoms with Gasteiger partial charge in [-0.25, -0.2) is 0 Å². The maximum absolute atomic E-state index is 12.2. The third-order valence-corrected chi connectivity index (χ3v) is 4.14. The molecule has 0 spiro atoms. The van der Waals surface area contributed by atoms with E-state index < -0.39 is 0 Å². The minimum absolute atomic E-state index is 0.115. The molecule has 2 aliphatic rings. The molecular weight excluding hydrogens is 238 g/mol. The molecule has 1 unspecified atom stereocenters. The smallest absolute Gasteiger partial charge is 0.228 e. The van der Waals surface area contributed by atoms with Gasteiger partial charge in [0.15, 0.2) is 0 Å². The Bertz CT molecular complexity index is 480. The summed E-state index contributed by atoms with van der Waals surface area (Å²) in [7, 11) is 2.11. The number of carbonyl (C=O) groups is 1. The summed E-state index contributed by atoms with van der Waals surface area (Å²) in [5.41, 5.74) is 3.56. The van der Waals surface area contributed by atoms with Crippen LogP contribution in [-0.4, -0.2) is 32.6 Å². The van der Waals surface area contributed by atoms with Crippen LogP contribution in [0.1, 0.15) is 18.4 Å². The van der Waals surface area contributed by atoms with E-state index in [-0.39, 0.29) is 11.8 Å². The fourth-order valence-corrected chi connectivity index (χ4v) is 2.96. The molecule has 4 heteroatoms. The van der Waals surface area contributed by atoms with Gasteiger partial charge in [0, 0.05) is 31.5 Å². The van der Waals surface area contributed by atoms with E-state index in [2.05, 4.69) is 34.7 Å². The van der Waals surface area contributed by atoms with Crippen LogP contribution in [0.5, 0.6) is 0 Å². The molecule has 0 bridgehead atoms. The number of amides is 1. The molecule has 102 valence electrons. The van der Waals surface area contributed by atoms with Crippen LogP contribution in [-0.2, 0) is 11.2 Å². The first-order chi connectivity index (χ1) is 9.24. The summed E-state index contributed by atoms with van der Waals surface area (Å²) < 4.78 is 0. The highest BCUT2D eigenvalue weighted by Gasteiger charge is 2.21. The zero-order valence-electron chi connectivity index (χ0n) is 11.4. The van der Waals surface area contributed by atoms with Crippen LogP contribution in [0.25, 0.3) is 0 Å². The van der Waals surface area contributed by atoms with Crippen LogP contribution in [0.2, 0.25) is 0 Å². The molecule has 4 nitrogen and oxygen atoms in total. The first kappa shape index (κ1) is 12.5. The molecule has 0 radical (unpaired) electrons. The number of nitrogens with zero attached hydrogens (tertiary/aromatic N) is 1. The Morgan fingerprint density at radius 2 is 2.37 bits per heavy atom. The SMILES string of the molecule is CN1CCc2cc(NC(=O)C3CCCNC3)ccc21. The Balaban J connectivity index is 1.68. The van der Waals surface area contributed by atoms with Crippen molar-refractivity contribution < 1.29 is 4.79 Å². The first-order valence-electron chi connectivity index (χ1n) is 7.10. The molecule has 1 aromatic rings. The van der Waals surface area contributed by atoms with Crippen molar-refractivity contribution in [2.75, 3.05) is 36.9 Å². The van der Waals surface area contributed by atoms with Crippen molar-refractivity contribution in [1.82, 2.24) is 5.32 Å². The summed E-state index contributed by atoms with van der Waals surface area (Å²) in [4.78, 5) is 14.4. The number of fused-ring (bicyclic) bond motifs is 1. The number of carbonyl (C=O) groups excluding carboxylic acids is 1. The maximum atomic E-state index is 12.2. The van der Waals surface area contributed by atoms with Crippen LogP contribution in [0.3, 0.4) is 0 Å². The van der Waals surface area contributed by atoms with Crippen molar-refractivity contribution in [2.24, 2.45) is 5.92 Å². The number of likely N-dealkylation sites (N-methyl/N-ethyl adjacent to an activating group) is 1. The molecule has 1 fully saturated rings. The molecule has 0 saturated carbocycles. The second kappa shape index (κ2) is 5.21. The van der Waals surface area contributed by atoms with Crippen molar-refractivity contribution in [3.8, 4) is 0 Å². The summed E-state index contributed by atoms with van der Waals surface area (Å²) in [5, 5.41) is 6.34. The fourth-order valence-electron chi connectivity index (χ4n) is 2.96. The van der Waals surface area contributed by atoms with Crippen molar-refractivity contribution in [3.05, 3.63) is 23.8 Å². The molecule has 0 aliphatic carbocycles. The molecule has 1 aromatic carbocycles. The lowest BCUT2D eigenvalue weighted by molar-refractivity contribution is -0.120. The lowest BCUT2D eigenvalue weighted by Gasteiger charge is -2.22. The van der Waals surface area contributed by atoms with Gasteiger partial charge < -0.3 is 15.5 Å². The molecule has 0 aromatic heterocycles. The number of benzene rings is 1. The van der Waals surface area contributed by atoms with Gasteiger partial charge in [0.25, 0.3) is 0 Å². The summed E-state index contributed by atoms with van der Waals surface area (Å²) in [6.45, 7) is 2.91. The predicted octanol–water partition coefficient (Wildman–Crippen LogP) is 1.62. The number of hydrogen-bond acceptors (Lipinski definition) is 3. The van der Waals surface area contributed by atoms with Crippen LogP contribution >= 0.6 is 0 Å². The quantitative estimate of drug-likeness (QED) is 0.848. The minimum atomic E-state index is 0.115. The largest absolute Gasteiger partial charge is 0.374 e. The number of anilines is 2. The Hall–Kier alpha value is -1.55. The van der Waals surface area contributed by atoms with Gasteiger partial charge >= 0.3 is 0 Å². The maximum Gasteiger partial charge on any atom is 0.228 e. The topological polar surface area (TPSA) is 44.4 Å². The highest BCUT2D eigenvalue weighted by atomic mass is 16.1. The van der Waals surface area contributed by atoms with Crippen LogP contribution < -0.4 is 15.5 Å². The van der Waals surface area contributed by atoms with Crippen LogP contribution in [0.4, 0.5) is 11.4 Å². The average Bonchev–Trinajstić information content (AvgIpc) is 2.81. The van der Waals surface area contributed by atoms with Crippen molar-refractivity contribution in [2.45, 2.75) is 19.3 Å². The Morgan fingerprint density at radius 3 is 3.16 bits per heavy atom. The van der Waals surface area contributed by atoms with Crippen LogP contribution in [0, 0.1) is 5.92 Å². The van der Waals surface area contributed by atoms with Gasteiger partial charge in [-0.15, -0.1) is 0 Å². The van der Waals surface area contributed by atoms with Gasteiger partial charge in [-0.1, -0.05) is 0 Å². The lowest BCUT2D eigenvalue weighted by atomic mass is 9.98. The molecule has 2 N–H and O–H groups in total. The number of piperidine rings is 1. The zero-order chi connectivity index (χ0) is 13.2. The van der Waals surface area contributed by atoms with Gasteiger partial charge in [0.1, 0.15) is 0 Å². The van der Waals surface area contributed by atoms with Crippen LogP contribution in [0.15, 0.2) is 18.2 Å². The van der Waals surface area contributed by atoms with Gasteiger partial charge in [-0.3, -0.25) is 4.79 Å². The summed E-state index contributed by atoms with van der Waals surface area (Å²) in [5.74, 6) is 0.267. The van der Waals surface area contributed by atoms with Gasteiger partial charge in [-0.05, 0) is 49.6 Å². The Labute approximate surface area is 114 Å². The number of nitrogens with one attached hydrogen (secondary N) is 2. The van der Waals surface area contributed by atoms with E-state index in [4.69, 9.17) is 0 Å². The molecule has 1 atom stereocenters. The Morgan fingerprint density at radius 1 is 1.47 bits per heavy atom. The molecule has 2 heterocycles. The second-order valence-electron chi connectivity index (χ2n) is 5.55. The summed E-state index contributed by atoms with van der Waals surface area (Å²) >= 11 is 0. The first-order valence-corrected chi connectivity index (χ1v) is 7.10. The summed E-state index contributed by atoms with van der Waals surface area (Å²) in [6.07, 6.45) is 3.15. The van der Waals surface area contributed by atoms with Crippen molar-refractivity contribution >= 4 is 17.3 Å². The molecule has 1 amide bonds. The predicted molar refractivity (Wildman–Crippen MR) is 77.6 cm³/mol. The van der Waals surface area contributed by atoms with Crippen molar-refractivity contribution in [3.63, 3.8) is 0 Å². The van der Waals surface area contributed by atoms with E-state index in [0.717, 1.165) is 44.6 Å². The standard InChI is InChI=1S/C15H21N3O/c1-18-8-6-11-9-13(4-5-14(11)18)17-15(19)12-3-2-7-16-10-12/h4-5,9,12,16H,2-3,6-8,10H2,1H3,(H,17,19). The van der Waals surface area contributed by atoms with Gasteiger partial charge in [0.2, 0.25) is 5.91 Å². The van der Waals surface area contributed by atoms with E-state index in [1.807, 2.05) is 6.07 Å². The third kappa shape index (κ3) is 2.59. The number of hydrogen-bond donors (Lipinski definition) is 2. The van der Waals surface area contributed by atoms with E-state index >= 15 is 0 Å². The zero-order valence-corrected chi connectivity index (χ0v) is 11.4. The molecule has 2 aliphatic heterocycles. The molecule has 3 rings (SSSR count). The summed E-state index contributed by atoms with van der Waals surface area (Å²) in [6, 6.07) is 6.23. The molecular formula is C15H21N3O. The molecule has 1 saturated heterocycles. The van der Waals surface area contributed by atoms with Gasteiger partial charge in [0.05, 0.1) is 5.92 Å². The van der Waals surface area contributed by atoms with E-state index in [1.165, 1.54) is 11.3 Å². The van der Waals surface area contributed by atoms with E-state index in [0.29, 0.717) is 0 Å². The minimum Gasteiger partial charge on any atom is -0.374 e. The van der Waals surface area contributed by atoms with E-state index in [1.54, 1.807) is 0 Å². The highest BCUT2D eigenvalue weighted by molar-refractivity contribution is 5.93. The van der Waals surface area contributed by atoms with Gasteiger partial charge in [-0.2, -0.15) is 0 Å². The fraction of sp³-hybridized carbons (Fsp3) is 0.533. The van der Waals surface area contributed by atoms with Crippen molar-refractivity contribution in [1.29, 1.82) is 0 Å². The molecule has 19 heavy (non-hydrogen) atoms. The third-order valence-electron chi connectivity index (χ3n) is 4.14. The second-order valence-corrected chi connectivity index (χ2v) is 5.55. The number of rotatable bonds is 2. The normalized spacial score (nSPS) is 22.2. The Kier molecular flexibility index (Phi) is 3.42. The highest BCUT2D eigenvalue weighted by Crippen LogP contribution is 2.29. The monoisotopic (exact) mass is 259 g/mol.